The van der Waals surface area contributed by atoms with Gasteiger partial charge in [0.25, 0.3) is 0 Å². The monoisotopic (exact) mass is 326 g/mol. The lowest BCUT2D eigenvalue weighted by molar-refractivity contribution is 0.264. The Morgan fingerprint density at radius 3 is 1.52 bits per heavy atom. The first-order valence-electron chi connectivity index (χ1n) is 10.3. The van der Waals surface area contributed by atoms with E-state index in [1.165, 1.54) is 77.4 Å². The Hall–Kier alpha value is -0.160. The second kappa shape index (κ2) is 16.7. The highest BCUT2D eigenvalue weighted by atomic mass is 15.2. The molecule has 0 atom stereocenters. The van der Waals surface area contributed by atoms with Crippen LogP contribution in [0.1, 0.15) is 64.7 Å². The molecule has 23 heavy (non-hydrogen) atoms. The SMILES string of the molecule is CCCCCCCCCCCN1CCNCCNCCNCC1. The molecule has 1 rings (SSSR count). The molecule has 0 aromatic carbocycles. The first-order valence-corrected chi connectivity index (χ1v) is 10.3. The maximum atomic E-state index is 3.54. The predicted molar refractivity (Wildman–Crippen MR) is 102 cm³/mol. The summed E-state index contributed by atoms with van der Waals surface area (Å²) in [6.45, 7) is 12.5. The van der Waals surface area contributed by atoms with Crippen molar-refractivity contribution in [3.8, 4) is 0 Å². The fourth-order valence-corrected chi connectivity index (χ4v) is 3.18. The molecule has 0 bridgehead atoms. The molecular formula is C19H42N4. The fourth-order valence-electron chi connectivity index (χ4n) is 3.18. The quantitative estimate of drug-likeness (QED) is 0.540. The highest BCUT2D eigenvalue weighted by Gasteiger charge is 2.05. The molecule has 0 saturated carbocycles. The molecule has 4 heteroatoms. The Balaban J connectivity index is 1.99. The van der Waals surface area contributed by atoms with Crippen molar-refractivity contribution in [2.24, 2.45) is 0 Å². The van der Waals surface area contributed by atoms with Crippen molar-refractivity contribution in [2.45, 2.75) is 64.7 Å². The van der Waals surface area contributed by atoms with Crippen LogP contribution in [0.25, 0.3) is 0 Å². The summed E-state index contributed by atoms with van der Waals surface area (Å²) in [6, 6.07) is 0. The van der Waals surface area contributed by atoms with E-state index in [0.717, 1.165) is 39.3 Å². The summed E-state index contributed by atoms with van der Waals surface area (Å²) in [7, 11) is 0. The Morgan fingerprint density at radius 2 is 1.00 bits per heavy atom. The van der Waals surface area contributed by atoms with Crippen LogP contribution in [0.5, 0.6) is 0 Å². The van der Waals surface area contributed by atoms with E-state index in [1.807, 2.05) is 0 Å². The number of hydrogen-bond donors (Lipinski definition) is 3. The van der Waals surface area contributed by atoms with Crippen molar-refractivity contribution in [2.75, 3.05) is 58.9 Å². The second-order valence-electron chi connectivity index (χ2n) is 6.92. The third-order valence-electron chi connectivity index (χ3n) is 4.74. The van der Waals surface area contributed by atoms with E-state index >= 15 is 0 Å². The zero-order chi connectivity index (χ0) is 16.4. The molecule has 0 unspecified atom stereocenters. The largest absolute Gasteiger partial charge is 0.314 e. The number of nitrogens with one attached hydrogen (secondary N) is 3. The van der Waals surface area contributed by atoms with Gasteiger partial charge >= 0.3 is 0 Å². The van der Waals surface area contributed by atoms with Gasteiger partial charge in [-0.3, -0.25) is 0 Å². The molecule has 0 aromatic heterocycles. The summed E-state index contributed by atoms with van der Waals surface area (Å²) in [6.07, 6.45) is 12.8. The average molecular weight is 327 g/mol. The lowest BCUT2D eigenvalue weighted by atomic mass is 10.1. The molecule has 4 nitrogen and oxygen atoms in total. The standard InChI is InChI=1S/C19H42N4/c1-2-3-4-5-6-7-8-9-10-17-23-18-15-21-13-11-20-12-14-22-16-19-23/h20-22H,2-19H2,1H3. The van der Waals surface area contributed by atoms with Gasteiger partial charge in [0.15, 0.2) is 0 Å². The maximum Gasteiger partial charge on any atom is 0.0107 e. The van der Waals surface area contributed by atoms with Crippen molar-refractivity contribution in [1.29, 1.82) is 0 Å². The number of rotatable bonds is 10. The summed E-state index contributed by atoms with van der Waals surface area (Å²) in [5, 5.41) is 10.5. The normalized spacial score (nSPS) is 19.2. The number of nitrogens with zero attached hydrogens (tertiary/aromatic N) is 1. The van der Waals surface area contributed by atoms with Crippen LogP contribution in [0.15, 0.2) is 0 Å². The lowest BCUT2D eigenvalue weighted by Gasteiger charge is -2.23. The molecule has 138 valence electrons. The molecule has 0 amide bonds. The van der Waals surface area contributed by atoms with E-state index in [1.54, 1.807) is 0 Å². The third kappa shape index (κ3) is 13.9. The maximum absolute atomic E-state index is 3.54. The molecule has 0 aromatic rings. The van der Waals surface area contributed by atoms with Gasteiger partial charge in [-0.1, -0.05) is 58.3 Å². The zero-order valence-corrected chi connectivity index (χ0v) is 15.7. The highest BCUT2D eigenvalue weighted by molar-refractivity contribution is 4.65. The summed E-state index contributed by atoms with van der Waals surface area (Å²) in [5.41, 5.74) is 0. The van der Waals surface area contributed by atoms with E-state index in [2.05, 4.69) is 27.8 Å². The van der Waals surface area contributed by atoms with Gasteiger partial charge in [0.1, 0.15) is 0 Å². The number of unbranched alkanes of at least 4 members (excludes halogenated alkanes) is 8. The van der Waals surface area contributed by atoms with Crippen molar-refractivity contribution >= 4 is 0 Å². The van der Waals surface area contributed by atoms with Crippen LogP contribution in [0.4, 0.5) is 0 Å². The zero-order valence-electron chi connectivity index (χ0n) is 15.7. The van der Waals surface area contributed by atoms with Gasteiger partial charge in [-0.25, -0.2) is 0 Å². The molecule has 3 N–H and O–H groups in total. The van der Waals surface area contributed by atoms with Crippen molar-refractivity contribution in [3.63, 3.8) is 0 Å². The Morgan fingerprint density at radius 1 is 0.565 bits per heavy atom. The fraction of sp³-hybridized carbons (Fsp3) is 1.00. The minimum Gasteiger partial charge on any atom is -0.314 e. The Labute approximate surface area is 145 Å². The van der Waals surface area contributed by atoms with Crippen LogP contribution in [-0.2, 0) is 0 Å². The van der Waals surface area contributed by atoms with Gasteiger partial charge in [0.05, 0.1) is 0 Å². The summed E-state index contributed by atoms with van der Waals surface area (Å²) in [4.78, 5) is 2.64. The molecule has 0 aliphatic carbocycles. The molecule has 1 saturated heterocycles. The van der Waals surface area contributed by atoms with E-state index in [-0.39, 0.29) is 0 Å². The van der Waals surface area contributed by atoms with Gasteiger partial charge in [-0.2, -0.15) is 0 Å². The van der Waals surface area contributed by atoms with Gasteiger partial charge in [-0.05, 0) is 13.0 Å². The molecule has 1 heterocycles. The molecule has 1 aliphatic heterocycles. The van der Waals surface area contributed by atoms with Crippen molar-refractivity contribution < 1.29 is 0 Å². The predicted octanol–water partition coefficient (Wildman–Crippen LogP) is 2.60. The van der Waals surface area contributed by atoms with Gasteiger partial charge in [-0.15, -0.1) is 0 Å². The number of hydrogen-bond acceptors (Lipinski definition) is 4. The Bertz CT molecular complexity index is 223. The summed E-state index contributed by atoms with van der Waals surface area (Å²) in [5.74, 6) is 0. The molecule has 1 fully saturated rings. The highest BCUT2D eigenvalue weighted by Crippen LogP contribution is 2.09. The van der Waals surface area contributed by atoms with E-state index < -0.39 is 0 Å². The Kier molecular flexibility index (Phi) is 15.2. The third-order valence-corrected chi connectivity index (χ3v) is 4.74. The lowest BCUT2D eigenvalue weighted by Crippen LogP contribution is -2.42. The molecule has 0 spiro atoms. The van der Waals surface area contributed by atoms with Crippen molar-refractivity contribution in [1.82, 2.24) is 20.9 Å². The minimum atomic E-state index is 1.08. The van der Waals surface area contributed by atoms with Crippen LogP contribution >= 0.6 is 0 Å². The molecular weight excluding hydrogens is 284 g/mol. The van der Waals surface area contributed by atoms with E-state index in [0.29, 0.717) is 0 Å². The smallest absolute Gasteiger partial charge is 0.0107 e. The molecule has 1 aliphatic rings. The van der Waals surface area contributed by atoms with Gasteiger partial charge in [0, 0.05) is 52.4 Å². The van der Waals surface area contributed by atoms with E-state index in [9.17, 15) is 0 Å². The van der Waals surface area contributed by atoms with Gasteiger partial charge < -0.3 is 20.9 Å². The second-order valence-corrected chi connectivity index (χ2v) is 6.92. The van der Waals surface area contributed by atoms with Crippen LogP contribution in [-0.4, -0.2) is 63.8 Å². The van der Waals surface area contributed by atoms with Crippen LogP contribution < -0.4 is 16.0 Å². The first kappa shape index (κ1) is 20.9. The minimum absolute atomic E-state index is 1.08. The van der Waals surface area contributed by atoms with Gasteiger partial charge in [0.2, 0.25) is 0 Å². The van der Waals surface area contributed by atoms with Crippen LogP contribution in [0, 0.1) is 0 Å². The van der Waals surface area contributed by atoms with Crippen molar-refractivity contribution in [3.05, 3.63) is 0 Å². The summed E-state index contributed by atoms with van der Waals surface area (Å²) < 4.78 is 0. The average Bonchev–Trinajstić information content (AvgIpc) is 2.55. The van der Waals surface area contributed by atoms with Crippen LogP contribution in [0.3, 0.4) is 0 Å². The first-order chi connectivity index (χ1) is 11.4. The summed E-state index contributed by atoms with van der Waals surface area (Å²) >= 11 is 0. The van der Waals surface area contributed by atoms with Crippen LogP contribution in [0.2, 0.25) is 0 Å². The molecule has 0 radical (unpaired) electrons. The topological polar surface area (TPSA) is 39.3 Å². The van der Waals surface area contributed by atoms with E-state index in [4.69, 9.17) is 0 Å².